The van der Waals surface area contributed by atoms with Crippen LogP contribution >= 0.6 is 11.6 Å². The molecule has 1 saturated carbocycles. The van der Waals surface area contributed by atoms with Crippen molar-refractivity contribution in [2.24, 2.45) is 0 Å². The van der Waals surface area contributed by atoms with E-state index in [0.717, 1.165) is 47.4 Å². The van der Waals surface area contributed by atoms with Gasteiger partial charge < -0.3 is 25.0 Å². The van der Waals surface area contributed by atoms with Gasteiger partial charge in [-0.2, -0.15) is 0 Å². The third-order valence-electron chi connectivity index (χ3n) is 5.89. The van der Waals surface area contributed by atoms with Crippen LogP contribution in [0, 0.1) is 0 Å². The lowest BCUT2D eigenvalue weighted by Crippen LogP contribution is -2.32. The Kier molecular flexibility index (Phi) is 4.51. The Balaban J connectivity index is 1.38. The number of aliphatic hydroxyl groups is 2. The molecule has 1 spiro atoms. The predicted molar refractivity (Wildman–Crippen MR) is 107 cm³/mol. The second kappa shape index (κ2) is 6.92. The third kappa shape index (κ3) is 3.60. The number of rotatable bonds is 3. The number of aliphatic hydroxyl groups excluding tert-OH is 2. The molecule has 2 heterocycles. The van der Waals surface area contributed by atoms with Gasteiger partial charge in [-0.1, -0.05) is 29.8 Å². The zero-order chi connectivity index (χ0) is 19.3. The zero-order valence-electron chi connectivity index (χ0n) is 15.5. The molecule has 0 bridgehead atoms. The van der Waals surface area contributed by atoms with Crippen LogP contribution in [0.5, 0.6) is 5.75 Å². The van der Waals surface area contributed by atoms with E-state index in [4.69, 9.17) is 21.1 Å². The normalized spacial score (nSPS) is 27.6. The topological polar surface area (TPSA) is 71.0 Å². The Hall–Kier alpha value is -1.79. The van der Waals surface area contributed by atoms with Gasteiger partial charge in [-0.3, -0.25) is 0 Å². The molecule has 2 aromatic rings. The van der Waals surface area contributed by atoms with Gasteiger partial charge in [0.2, 0.25) is 0 Å². The number of fused-ring (bicyclic) bond motifs is 1. The summed E-state index contributed by atoms with van der Waals surface area (Å²) in [6.45, 7) is 0.232. The fourth-order valence-corrected chi connectivity index (χ4v) is 4.46. The molecule has 0 radical (unpaired) electrons. The summed E-state index contributed by atoms with van der Waals surface area (Å²) in [6.07, 6.45) is 3.07. The van der Waals surface area contributed by atoms with Crippen molar-refractivity contribution in [3.8, 4) is 5.75 Å². The second-order valence-electron chi connectivity index (χ2n) is 8.21. The Morgan fingerprint density at radius 2 is 2.00 bits per heavy atom. The molecule has 3 N–H and O–H groups in total. The molecule has 3 unspecified atom stereocenters. The van der Waals surface area contributed by atoms with Crippen LogP contribution in [0.1, 0.15) is 48.5 Å². The van der Waals surface area contributed by atoms with Crippen LogP contribution in [0.15, 0.2) is 36.4 Å². The van der Waals surface area contributed by atoms with Crippen molar-refractivity contribution in [1.29, 1.82) is 0 Å². The Bertz CT molecular complexity index is 898. The van der Waals surface area contributed by atoms with Gasteiger partial charge in [0, 0.05) is 17.9 Å². The maximum atomic E-state index is 10.3. The van der Waals surface area contributed by atoms with Crippen molar-refractivity contribution in [2.45, 2.75) is 56.1 Å². The lowest BCUT2D eigenvalue weighted by Gasteiger charge is -2.34. The van der Waals surface area contributed by atoms with Gasteiger partial charge in [-0.15, -0.1) is 0 Å². The summed E-state index contributed by atoms with van der Waals surface area (Å²) in [6, 6.07) is 11.9. The van der Waals surface area contributed by atoms with Gasteiger partial charge >= 0.3 is 0 Å². The first kappa shape index (κ1) is 18.3. The minimum atomic E-state index is -0.676. The average Bonchev–Trinajstić information content (AvgIpc) is 3.41. The highest BCUT2D eigenvalue weighted by Gasteiger charge is 2.50. The van der Waals surface area contributed by atoms with Gasteiger partial charge in [0.05, 0.1) is 23.5 Å². The van der Waals surface area contributed by atoms with E-state index in [-0.39, 0.29) is 24.4 Å². The van der Waals surface area contributed by atoms with Crippen molar-refractivity contribution in [2.75, 3.05) is 11.9 Å². The summed E-state index contributed by atoms with van der Waals surface area (Å²) in [4.78, 5) is 0. The Labute approximate surface area is 169 Å². The van der Waals surface area contributed by atoms with Crippen molar-refractivity contribution in [3.05, 3.63) is 58.1 Å². The van der Waals surface area contributed by atoms with E-state index >= 15 is 0 Å². The number of nitrogens with one attached hydrogen (secondary N) is 1. The van der Waals surface area contributed by atoms with Crippen LogP contribution < -0.4 is 10.1 Å². The van der Waals surface area contributed by atoms with Crippen molar-refractivity contribution < 1.29 is 19.7 Å². The van der Waals surface area contributed by atoms with Crippen molar-refractivity contribution >= 4 is 17.3 Å². The SMILES string of the molecule is OC1CC(c2ccc(Cl)c(Cc3ccc4c(c3)OCC(O)N4)c2)OC2(CC2)C1. The summed E-state index contributed by atoms with van der Waals surface area (Å²) in [5.74, 6) is 0.740. The van der Waals surface area contributed by atoms with E-state index in [2.05, 4.69) is 11.4 Å². The van der Waals surface area contributed by atoms with E-state index in [0.29, 0.717) is 17.9 Å². The number of hydrogen-bond donors (Lipinski definition) is 3. The molecule has 1 saturated heterocycles. The summed E-state index contributed by atoms with van der Waals surface area (Å²) in [7, 11) is 0. The molecule has 6 heteroatoms. The number of benzene rings is 2. The molecular weight excluding hydrogens is 378 g/mol. The maximum absolute atomic E-state index is 10.3. The van der Waals surface area contributed by atoms with E-state index < -0.39 is 6.23 Å². The predicted octanol–water partition coefficient (Wildman–Crippen LogP) is 3.80. The van der Waals surface area contributed by atoms with Gasteiger partial charge in [0.25, 0.3) is 0 Å². The average molecular weight is 402 g/mol. The number of hydrogen-bond acceptors (Lipinski definition) is 5. The molecule has 148 valence electrons. The van der Waals surface area contributed by atoms with E-state index in [1.165, 1.54) is 0 Å². The number of halogens is 1. The molecule has 0 aromatic heterocycles. The first-order valence-electron chi connectivity index (χ1n) is 9.84. The first-order chi connectivity index (χ1) is 13.5. The second-order valence-corrected chi connectivity index (χ2v) is 8.62. The summed E-state index contributed by atoms with van der Waals surface area (Å²) in [5.41, 5.74) is 3.87. The standard InChI is InChI=1S/C22H24ClNO4/c23-17-3-2-14(19-10-16(25)11-22(28-19)5-6-22)9-15(17)7-13-1-4-18-20(8-13)27-12-21(26)24-18/h1-4,8-9,16,19,21,24-26H,5-7,10-12H2. The van der Waals surface area contributed by atoms with Gasteiger partial charge in [-0.25, -0.2) is 0 Å². The van der Waals surface area contributed by atoms with Crippen molar-refractivity contribution in [3.63, 3.8) is 0 Å². The van der Waals surface area contributed by atoms with Gasteiger partial charge in [-0.05, 0) is 54.2 Å². The highest BCUT2D eigenvalue weighted by molar-refractivity contribution is 6.31. The molecule has 5 rings (SSSR count). The Morgan fingerprint density at radius 1 is 1.14 bits per heavy atom. The minimum absolute atomic E-state index is 0.0835. The fraction of sp³-hybridized carbons (Fsp3) is 0.455. The van der Waals surface area contributed by atoms with Crippen LogP contribution in [0.2, 0.25) is 5.02 Å². The molecule has 3 atom stereocenters. The monoisotopic (exact) mass is 401 g/mol. The summed E-state index contributed by atoms with van der Waals surface area (Å²) in [5, 5.41) is 23.6. The molecule has 0 amide bonds. The smallest absolute Gasteiger partial charge is 0.159 e. The van der Waals surface area contributed by atoms with Crippen LogP contribution in [-0.2, 0) is 11.2 Å². The Morgan fingerprint density at radius 3 is 2.82 bits per heavy atom. The molecular formula is C22H24ClNO4. The van der Waals surface area contributed by atoms with Crippen LogP contribution in [0.25, 0.3) is 0 Å². The van der Waals surface area contributed by atoms with Crippen molar-refractivity contribution in [1.82, 2.24) is 0 Å². The molecule has 2 aliphatic heterocycles. The molecule has 1 aliphatic carbocycles. The molecule has 3 aliphatic rings. The quantitative estimate of drug-likeness (QED) is 0.729. The van der Waals surface area contributed by atoms with Crippen LogP contribution in [-0.4, -0.2) is 34.8 Å². The largest absolute Gasteiger partial charge is 0.487 e. The minimum Gasteiger partial charge on any atom is -0.487 e. The van der Waals surface area contributed by atoms with E-state index in [1.54, 1.807) is 0 Å². The highest BCUT2D eigenvalue weighted by Crippen LogP contribution is 2.51. The van der Waals surface area contributed by atoms with E-state index in [9.17, 15) is 10.2 Å². The lowest BCUT2D eigenvalue weighted by molar-refractivity contribution is -0.113. The molecule has 2 aromatic carbocycles. The van der Waals surface area contributed by atoms with Crippen LogP contribution in [0.3, 0.4) is 0 Å². The van der Waals surface area contributed by atoms with E-state index in [1.807, 2.05) is 30.3 Å². The fourth-order valence-electron chi connectivity index (χ4n) is 4.28. The first-order valence-corrected chi connectivity index (χ1v) is 10.2. The van der Waals surface area contributed by atoms with Gasteiger partial charge in [0.1, 0.15) is 12.4 Å². The third-order valence-corrected chi connectivity index (χ3v) is 6.26. The molecule has 2 fully saturated rings. The lowest BCUT2D eigenvalue weighted by atomic mass is 9.93. The summed E-state index contributed by atoms with van der Waals surface area (Å²) >= 11 is 6.48. The molecule has 5 nitrogen and oxygen atoms in total. The number of anilines is 1. The highest BCUT2D eigenvalue weighted by atomic mass is 35.5. The summed E-state index contributed by atoms with van der Waals surface area (Å²) < 4.78 is 11.9. The maximum Gasteiger partial charge on any atom is 0.159 e. The zero-order valence-corrected chi connectivity index (χ0v) is 16.3. The van der Waals surface area contributed by atoms with Crippen LogP contribution in [0.4, 0.5) is 5.69 Å². The number of ether oxygens (including phenoxy) is 2. The van der Waals surface area contributed by atoms with Gasteiger partial charge in [0.15, 0.2) is 6.23 Å². The molecule has 28 heavy (non-hydrogen) atoms.